The Morgan fingerprint density at radius 1 is 1.00 bits per heavy atom. The van der Waals surface area contributed by atoms with Crippen molar-refractivity contribution < 1.29 is 9.53 Å². The number of para-hydroxylation sites is 1. The van der Waals surface area contributed by atoms with E-state index in [1.807, 2.05) is 28.9 Å². The zero-order valence-electron chi connectivity index (χ0n) is 22.9. The fourth-order valence-corrected chi connectivity index (χ4v) is 6.41. The first-order valence-electron chi connectivity index (χ1n) is 14.7. The van der Waals surface area contributed by atoms with Gasteiger partial charge >= 0.3 is 5.97 Å². The quantitative estimate of drug-likeness (QED) is 0.370. The van der Waals surface area contributed by atoms with Crippen LogP contribution in [0.2, 0.25) is 0 Å². The van der Waals surface area contributed by atoms with Crippen LogP contribution in [0, 0.1) is 11.8 Å². The number of carbonyl (C=O) groups is 1. The fraction of sp³-hybridized carbons (Fsp3) is 0.581. The Morgan fingerprint density at radius 3 is 2.39 bits per heavy atom. The van der Waals surface area contributed by atoms with Crippen LogP contribution >= 0.6 is 0 Å². The molecule has 0 amide bonds. The molecule has 2 aliphatic heterocycles. The summed E-state index contributed by atoms with van der Waals surface area (Å²) in [6.45, 7) is 8.15. The molecule has 2 aromatic heterocycles. The summed E-state index contributed by atoms with van der Waals surface area (Å²) in [4.78, 5) is 22.7. The molecule has 0 spiro atoms. The predicted octanol–water partition coefficient (Wildman–Crippen LogP) is 5.81. The molecule has 38 heavy (non-hydrogen) atoms. The summed E-state index contributed by atoms with van der Waals surface area (Å²) in [6, 6.07) is 12.1. The lowest BCUT2D eigenvalue weighted by molar-refractivity contribution is 0.0594. The summed E-state index contributed by atoms with van der Waals surface area (Å²) in [5.41, 5.74) is 4.32. The van der Waals surface area contributed by atoms with Crippen molar-refractivity contribution in [2.45, 2.75) is 64.2 Å². The van der Waals surface area contributed by atoms with Crippen LogP contribution < -0.4 is 4.90 Å². The number of esters is 1. The topological polar surface area (TPSA) is 63.5 Å². The number of piperidine rings is 2. The van der Waals surface area contributed by atoms with E-state index in [9.17, 15) is 4.79 Å². The summed E-state index contributed by atoms with van der Waals surface area (Å²) >= 11 is 0. The number of ether oxygens (including phenoxy) is 1. The van der Waals surface area contributed by atoms with Crippen molar-refractivity contribution in [3.63, 3.8) is 0 Å². The number of carbonyl (C=O) groups excluding carboxylic acids is 1. The largest absolute Gasteiger partial charge is 0.464 e. The van der Waals surface area contributed by atoms with Crippen molar-refractivity contribution in [3.8, 4) is 5.69 Å². The molecule has 202 valence electrons. The van der Waals surface area contributed by atoms with Crippen LogP contribution in [0.15, 0.2) is 36.4 Å². The van der Waals surface area contributed by atoms with Gasteiger partial charge in [-0.05, 0) is 94.6 Å². The van der Waals surface area contributed by atoms with Gasteiger partial charge in [-0.25, -0.2) is 14.5 Å². The third-order valence-electron chi connectivity index (χ3n) is 9.22. The maximum absolute atomic E-state index is 12.7. The summed E-state index contributed by atoms with van der Waals surface area (Å²) in [5.74, 6) is 1.71. The minimum atomic E-state index is -0.398. The van der Waals surface area contributed by atoms with Crippen molar-refractivity contribution in [1.29, 1.82) is 0 Å². The Morgan fingerprint density at radius 2 is 1.74 bits per heavy atom. The number of likely N-dealkylation sites (tertiary alicyclic amines) is 1. The molecule has 0 atom stereocenters. The highest BCUT2D eigenvalue weighted by Gasteiger charge is 2.31. The summed E-state index contributed by atoms with van der Waals surface area (Å²) in [5, 5.41) is 6.25. The molecule has 7 nitrogen and oxygen atoms in total. The second-order valence-electron chi connectivity index (χ2n) is 11.7. The molecule has 0 N–H and O–H groups in total. The molecule has 7 heteroatoms. The van der Waals surface area contributed by atoms with Crippen molar-refractivity contribution in [2.24, 2.45) is 11.8 Å². The van der Waals surface area contributed by atoms with Crippen molar-refractivity contribution >= 4 is 22.7 Å². The summed E-state index contributed by atoms with van der Waals surface area (Å²) < 4.78 is 7.05. The molecule has 3 fully saturated rings. The van der Waals surface area contributed by atoms with Crippen LogP contribution in [-0.2, 0) is 4.74 Å². The number of hydrogen-bond donors (Lipinski definition) is 0. The molecule has 3 aliphatic rings. The van der Waals surface area contributed by atoms with Gasteiger partial charge in [0.2, 0.25) is 0 Å². The third-order valence-corrected chi connectivity index (χ3v) is 9.22. The normalized spacial score (nSPS) is 20.1. The van der Waals surface area contributed by atoms with E-state index in [4.69, 9.17) is 14.8 Å². The van der Waals surface area contributed by atoms with Gasteiger partial charge in [0.25, 0.3) is 0 Å². The van der Waals surface area contributed by atoms with Crippen LogP contribution in [0.25, 0.3) is 16.7 Å². The molecular formula is C31H41N5O2. The smallest absolute Gasteiger partial charge is 0.356 e. The number of pyridine rings is 1. The standard InChI is InChI=1S/C31H41N5O2/c1-22-11-16-34(17-12-22)18-13-23-14-19-35(20-15-23)27-21-26(31(37)38-2)32-30-28(27)29(24-7-6-8-24)33-36(30)25-9-4-3-5-10-25/h3-5,9-10,21-24H,6-8,11-20H2,1-2H3. The van der Waals surface area contributed by atoms with Gasteiger partial charge in [0.15, 0.2) is 11.3 Å². The Kier molecular flexibility index (Phi) is 7.37. The molecule has 0 unspecified atom stereocenters. The van der Waals surface area contributed by atoms with E-state index in [1.165, 1.54) is 65.3 Å². The van der Waals surface area contributed by atoms with Crippen LogP contribution in [0.5, 0.6) is 0 Å². The lowest BCUT2D eigenvalue weighted by atomic mass is 9.81. The average Bonchev–Trinajstić information content (AvgIpc) is 3.30. The second-order valence-corrected chi connectivity index (χ2v) is 11.7. The first-order chi connectivity index (χ1) is 18.6. The zero-order valence-corrected chi connectivity index (χ0v) is 22.9. The van der Waals surface area contributed by atoms with E-state index in [-0.39, 0.29) is 0 Å². The Balaban J connectivity index is 1.29. The van der Waals surface area contributed by atoms with E-state index < -0.39 is 5.97 Å². The minimum Gasteiger partial charge on any atom is -0.464 e. The second kappa shape index (κ2) is 11.0. The maximum atomic E-state index is 12.7. The number of benzene rings is 1. The molecule has 0 radical (unpaired) electrons. The lowest BCUT2D eigenvalue weighted by Crippen LogP contribution is -2.37. The van der Waals surface area contributed by atoms with Crippen LogP contribution in [0.4, 0.5) is 5.69 Å². The SMILES string of the molecule is COC(=O)c1cc(N2CCC(CCN3CCC(C)CC3)CC2)c2c(C3CCC3)nn(-c3ccccc3)c2n1. The van der Waals surface area contributed by atoms with E-state index in [0.29, 0.717) is 11.6 Å². The molecule has 3 aromatic rings. The number of fused-ring (bicyclic) bond motifs is 1. The Bertz CT molecular complexity index is 1250. The van der Waals surface area contributed by atoms with Gasteiger partial charge in [-0.15, -0.1) is 0 Å². The van der Waals surface area contributed by atoms with Gasteiger partial charge in [0, 0.05) is 19.0 Å². The van der Waals surface area contributed by atoms with E-state index in [1.54, 1.807) is 0 Å². The fourth-order valence-electron chi connectivity index (χ4n) is 6.41. The van der Waals surface area contributed by atoms with E-state index >= 15 is 0 Å². The number of nitrogens with zero attached hydrogens (tertiary/aromatic N) is 5. The van der Waals surface area contributed by atoms with Gasteiger partial charge in [0.1, 0.15) is 0 Å². The number of methoxy groups -OCH3 is 1. The van der Waals surface area contributed by atoms with E-state index in [0.717, 1.165) is 65.9 Å². The average molecular weight is 516 g/mol. The Labute approximate surface area is 226 Å². The van der Waals surface area contributed by atoms with Crippen molar-refractivity contribution in [1.82, 2.24) is 19.7 Å². The molecule has 1 saturated carbocycles. The van der Waals surface area contributed by atoms with E-state index in [2.05, 4.69) is 28.9 Å². The highest BCUT2D eigenvalue weighted by atomic mass is 16.5. The molecule has 6 rings (SSSR count). The van der Waals surface area contributed by atoms with Crippen LogP contribution in [0.1, 0.15) is 80.4 Å². The summed E-state index contributed by atoms with van der Waals surface area (Å²) in [6.07, 6.45) is 9.93. The maximum Gasteiger partial charge on any atom is 0.356 e. The number of aromatic nitrogens is 3. The van der Waals surface area contributed by atoms with Crippen LogP contribution in [-0.4, -0.2) is 65.5 Å². The number of rotatable bonds is 7. The van der Waals surface area contributed by atoms with Crippen molar-refractivity contribution in [3.05, 3.63) is 47.8 Å². The molecule has 0 bridgehead atoms. The van der Waals surface area contributed by atoms with Gasteiger partial charge < -0.3 is 14.5 Å². The molecule has 1 aromatic carbocycles. The first kappa shape index (κ1) is 25.4. The van der Waals surface area contributed by atoms with Gasteiger partial charge in [-0.3, -0.25) is 0 Å². The van der Waals surface area contributed by atoms with Gasteiger partial charge in [0.05, 0.1) is 29.6 Å². The first-order valence-corrected chi connectivity index (χ1v) is 14.7. The van der Waals surface area contributed by atoms with Gasteiger partial charge in [-0.2, -0.15) is 5.10 Å². The molecule has 1 aliphatic carbocycles. The zero-order chi connectivity index (χ0) is 26.1. The monoisotopic (exact) mass is 515 g/mol. The van der Waals surface area contributed by atoms with Gasteiger partial charge in [-0.1, -0.05) is 31.5 Å². The number of anilines is 1. The van der Waals surface area contributed by atoms with Crippen LogP contribution in [0.3, 0.4) is 0 Å². The third kappa shape index (κ3) is 5.05. The Hall–Kier alpha value is -2.93. The number of hydrogen-bond acceptors (Lipinski definition) is 6. The highest BCUT2D eigenvalue weighted by molar-refractivity contribution is 5.99. The predicted molar refractivity (Wildman–Crippen MR) is 151 cm³/mol. The van der Waals surface area contributed by atoms with Crippen molar-refractivity contribution in [2.75, 3.05) is 44.7 Å². The summed E-state index contributed by atoms with van der Waals surface area (Å²) in [7, 11) is 1.43. The molecular weight excluding hydrogens is 474 g/mol. The minimum absolute atomic E-state index is 0.355. The lowest BCUT2D eigenvalue weighted by Gasteiger charge is -2.36. The molecule has 4 heterocycles. The molecule has 2 saturated heterocycles. The highest BCUT2D eigenvalue weighted by Crippen LogP contribution is 2.43.